The lowest BCUT2D eigenvalue weighted by atomic mass is 10.2. The second kappa shape index (κ2) is 4.97. The Morgan fingerprint density at radius 1 is 1.44 bits per heavy atom. The van der Waals surface area contributed by atoms with E-state index in [9.17, 15) is 0 Å². The first-order chi connectivity index (χ1) is 7.74. The predicted molar refractivity (Wildman–Crippen MR) is 65.4 cm³/mol. The molecule has 1 unspecified atom stereocenters. The van der Waals surface area contributed by atoms with Crippen molar-refractivity contribution in [3.8, 4) is 0 Å². The fourth-order valence-corrected chi connectivity index (χ4v) is 2.50. The van der Waals surface area contributed by atoms with Crippen LogP contribution < -0.4 is 0 Å². The van der Waals surface area contributed by atoms with Crippen LogP contribution in [0.4, 0.5) is 0 Å². The quantitative estimate of drug-likeness (QED) is 0.765. The first kappa shape index (κ1) is 11.6. The Hall–Kier alpha value is -0.870. The summed E-state index contributed by atoms with van der Waals surface area (Å²) in [5.74, 6) is 0. The molecule has 0 spiro atoms. The van der Waals surface area contributed by atoms with Crippen LogP contribution in [0.2, 0.25) is 0 Å². The molecular weight excluding hydrogens is 200 g/mol. The van der Waals surface area contributed by atoms with Crippen LogP contribution in [0.15, 0.2) is 12.5 Å². The molecule has 1 atom stereocenters. The first-order valence-electron chi connectivity index (χ1n) is 6.16. The Morgan fingerprint density at radius 2 is 2.19 bits per heavy atom. The van der Waals surface area contributed by atoms with Crippen molar-refractivity contribution < 1.29 is 0 Å². The van der Waals surface area contributed by atoms with Gasteiger partial charge in [0.15, 0.2) is 0 Å². The second-order valence-corrected chi connectivity index (χ2v) is 4.63. The van der Waals surface area contributed by atoms with E-state index in [0.29, 0.717) is 6.04 Å². The molecule has 1 aromatic heterocycles. The van der Waals surface area contributed by atoms with Gasteiger partial charge in [0, 0.05) is 25.8 Å². The van der Waals surface area contributed by atoms with Crippen molar-refractivity contribution in [1.82, 2.24) is 19.4 Å². The van der Waals surface area contributed by atoms with Gasteiger partial charge in [0.1, 0.15) is 0 Å². The number of hydrogen-bond acceptors (Lipinski definition) is 3. The van der Waals surface area contributed by atoms with Crippen LogP contribution in [0.25, 0.3) is 0 Å². The van der Waals surface area contributed by atoms with Crippen LogP contribution in [0.5, 0.6) is 0 Å². The van der Waals surface area contributed by atoms with Gasteiger partial charge in [0.25, 0.3) is 0 Å². The Labute approximate surface area is 97.9 Å². The van der Waals surface area contributed by atoms with Crippen molar-refractivity contribution in [3.63, 3.8) is 0 Å². The Bertz CT molecular complexity index is 330. The molecule has 0 radical (unpaired) electrons. The molecule has 1 aliphatic heterocycles. The van der Waals surface area contributed by atoms with E-state index in [1.54, 1.807) is 0 Å². The topological polar surface area (TPSA) is 24.3 Å². The van der Waals surface area contributed by atoms with E-state index < -0.39 is 0 Å². The molecule has 0 bridgehead atoms. The van der Waals surface area contributed by atoms with Gasteiger partial charge in [0.05, 0.1) is 18.1 Å². The summed E-state index contributed by atoms with van der Waals surface area (Å²) >= 11 is 0. The molecule has 0 aliphatic carbocycles. The zero-order valence-corrected chi connectivity index (χ0v) is 10.6. The maximum Gasteiger partial charge on any atom is 0.0952 e. The number of likely N-dealkylation sites (N-methyl/N-ethyl adjacent to an activating group) is 2. The molecule has 0 amide bonds. The molecule has 16 heavy (non-hydrogen) atoms. The minimum absolute atomic E-state index is 0.552. The van der Waals surface area contributed by atoms with Crippen molar-refractivity contribution in [2.24, 2.45) is 0 Å². The molecule has 2 rings (SSSR count). The average Bonchev–Trinajstić information content (AvgIpc) is 2.73. The fraction of sp³-hybridized carbons (Fsp3) is 0.750. The third kappa shape index (κ3) is 2.28. The van der Waals surface area contributed by atoms with Crippen molar-refractivity contribution in [2.45, 2.75) is 26.4 Å². The number of rotatable bonds is 4. The molecule has 1 aliphatic rings. The lowest BCUT2D eigenvalue weighted by Gasteiger charge is -2.34. The number of aromatic nitrogens is 2. The molecule has 4 nitrogen and oxygen atoms in total. The van der Waals surface area contributed by atoms with Crippen LogP contribution in [-0.2, 0) is 6.54 Å². The van der Waals surface area contributed by atoms with E-state index in [0.717, 1.165) is 32.7 Å². The van der Waals surface area contributed by atoms with Gasteiger partial charge in [0.2, 0.25) is 0 Å². The van der Waals surface area contributed by atoms with Gasteiger partial charge in [-0.25, -0.2) is 4.98 Å². The van der Waals surface area contributed by atoms with E-state index in [1.165, 1.54) is 5.69 Å². The first-order valence-corrected chi connectivity index (χ1v) is 6.16. The Morgan fingerprint density at radius 3 is 2.88 bits per heavy atom. The van der Waals surface area contributed by atoms with E-state index >= 15 is 0 Å². The summed E-state index contributed by atoms with van der Waals surface area (Å²) in [4.78, 5) is 9.13. The van der Waals surface area contributed by atoms with Gasteiger partial charge in [-0.2, -0.15) is 0 Å². The standard InChI is InChI=1S/C12H22N4/c1-4-15(5-2)9-12-8-14(3)7-11-6-13-10-16(11)12/h6,10,12H,4-5,7-9H2,1-3H3. The van der Waals surface area contributed by atoms with Crippen molar-refractivity contribution >= 4 is 0 Å². The molecule has 0 aromatic carbocycles. The molecule has 2 heterocycles. The van der Waals surface area contributed by atoms with E-state index in [1.807, 2.05) is 12.5 Å². The summed E-state index contributed by atoms with van der Waals surface area (Å²) < 4.78 is 2.35. The zero-order valence-electron chi connectivity index (χ0n) is 10.6. The lowest BCUT2D eigenvalue weighted by Crippen LogP contribution is -2.40. The summed E-state index contributed by atoms with van der Waals surface area (Å²) in [6.45, 7) is 9.98. The van der Waals surface area contributed by atoms with Gasteiger partial charge in [-0.05, 0) is 20.1 Å². The van der Waals surface area contributed by atoms with Crippen molar-refractivity contribution in [1.29, 1.82) is 0 Å². The third-order valence-corrected chi connectivity index (χ3v) is 3.46. The highest BCUT2D eigenvalue weighted by Gasteiger charge is 2.23. The number of imidazole rings is 1. The summed E-state index contributed by atoms with van der Waals surface area (Å²) in [6.07, 6.45) is 3.97. The highest BCUT2D eigenvalue weighted by Crippen LogP contribution is 2.20. The lowest BCUT2D eigenvalue weighted by molar-refractivity contribution is 0.171. The summed E-state index contributed by atoms with van der Waals surface area (Å²) in [5, 5.41) is 0. The monoisotopic (exact) mass is 222 g/mol. The van der Waals surface area contributed by atoms with Crippen molar-refractivity contribution in [3.05, 3.63) is 18.2 Å². The van der Waals surface area contributed by atoms with Crippen LogP contribution in [0, 0.1) is 0 Å². The number of fused-ring (bicyclic) bond motifs is 1. The SMILES string of the molecule is CCN(CC)CC1CN(C)Cc2cncn21. The highest BCUT2D eigenvalue weighted by molar-refractivity contribution is 5.04. The van der Waals surface area contributed by atoms with Crippen LogP contribution in [-0.4, -0.2) is 52.6 Å². The Balaban J connectivity index is 2.11. The van der Waals surface area contributed by atoms with E-state index in [4.69, 9.17) is 0 Å². The zero-order chi connectivity index (χ0) is 11.5. The largest absolute Gasteiger partial charge is 0.328 e. The van der Waals surface area contributed by atoms with Gasteiger partial charge in [-0.3, -0.25) is 4.90 Å². The molecule has 1 aromatic rings. The van der Waals surface area contributed by atoms with Gasteiger partial charge in [-0.15, -0.1) is 0 Å². The fourth-order valence-electron chi connectivity index (χ4n) is 2.50. The maximum absolute atomic E-state index is 4.27. The normalized spacial score (nSPS) is 21.4. The van der Waals surface area contributed by atoms with E-state index in [-0.39, 0.29) is 0 Å². The maximum atomic E-state index is 4.27. The second-order valence-electron chi connectivity index (χ2n) is 4.63. The number of hydrogen-bond donors (Lipinski definition) is 0. The van der Waals surface area contributed by atoms with Crippen LogP contribution in [0.3, 0.4) is 0 Å². The highest BCUT2D eigenvalue weighted by atomic mass is 15.3. The smallest absolute Gasteiger partial charge is 0.0952 e. The molecule has 0 fully saturated rings. The van der Waals surface area contributed by atoms with Gasteiger partial charge >= 0.3 is 0 Å². The minimum atomic E-state index is 0.552. The average molecular weight is 222 g/mol. The molecule has 0 saturated heterocycles. The third-order valence-electron chi connectivity index (χ3n) is 3.46. The molecule has 0 N–H and O–H groups in total. The molecular formula is C12H22N4. The molecule has 0 saturated carbocycles. The summed E-state index contributed by atoms with van der Waals surface area (Å²) in [7, 11) is 2.19. The Kier molecular flexibility index (Phi) is 3.61. The van der Waals surface area contributed by atoms with Crippen LogP contribution in [0.1, 0.15) is 25.6 Å². The number of nitrogens with zero attached hydrogens (tertiary/aromatic N) is 4. The summed E-state index contributed by atoms with van der Waals surface area (Å²) in [5.41, 5.74) is 1.34. The minimum Gasteiger partial charge on any atom is -0.328 e. The molecule has 4 heteroatoms. The summed E-state index contributed by atoms with van der Waals surface area (Å²) in [6, 6.07) is 0.552. The van der Waals surface area contributed by atoms with Gasteiger partial charge in [-0.1, -0.05) is 13.8 Å². The van der Waals surface area contributed by atoms with Crippen molar-refractivity contribution in [2.75, 3.05) is 33.2 Å². The predicted octanol–water partition coefficient (Wildman–Crippen LogP) is 1.21. The van der Waals surface area contributed by atoms with Gasteiger partial charge < -0.3 is 9.47 Å². The molecule has 90 valence electrons. The van der Waals surface area contributed by atoms with E-state index in [2.05, 4.69) is 40.2 Å². The van der Waals surface area contributed by atoms with Crippen LogP contribution >= 0.6 is 0 Å².